The molecule has 2 nitrogen and oxygen atoms in total. The lowest BCUT2D eigenvalue weighted by atomic mass is 10.1. The van der Waals surface area contributed by atoms with E-state index >= 15 is 0 Å². The molecule has 0 fully saturated rings. The maximum Gasteiger partial charge on any atom is 0.197 e. The summed E-state index contributed by atoms with van der Waals surface area (Å²) >= 11 is 18.4. The molecule has 20 heavy (non-hydrogen) atoms. The zero-order valence-corrected chi connectivity index (χ0v) is 12.6. The summed E-state index contributed by atoms with van der Waals surface area (Å²) in [4.78, 5) is 4.41. The zero-order valence-electron chi connectivity index (χ0n) is 10.3. The molecular weight excluding hydrogens is 317 g/mol. The Balaban J connectivity index is 1.86. The molecule has 0 amide bonds. The highest BCUT2D eigenvalue weighted by Gasteiger charge is 2.16. The average Bonchev–Trinajstić information content (AvgIpc) is 2.80. The Morgan fingerprint density at radius 1 is 1.10 bits per heavy atom. The van der Waals surface area contributed by atoms with Gasteiger partial charge in [-0.05, 0) is 29.8 Å². The summed E-state index contributed by atoms with van der Waals surface area (Å²) in [6, 6.07) is 12.9. The van der Waals surface area contributed by atoms with Crippen molar-refractivity contribution in [2.45, 2.75) is 11.8 Å². The number of benzene rings is 2. The van der Waals surface area contributed by atoms with Gasteiger partial charge in [0.2, 0.25) is 0 Å². The number of aromatic nitrogens is 1. The predicted molar refractivity (Wildman–Crippen MR) is 82.8 cm³/mol. The fraction of sp³-hybridized carbons (Fsp3) is 0.133. The lowest BCUT2D eigenvalue weighted by Gasteiger charge is -2.09. The topological polar surface area (TPSA) is 26.0 Å². The van der Waals surface area contributed by atoms with Crippen LogP contribution >= 0.6 is 34.8 Å². The number of hydrogen-bond acceptors (Lipinski definition) is 2. The summed E-state index contributed by atoms with van der Waals surface area (Å²) in [5.41, 5.74) is 2.40. The third-order valence-corrected chi connectivity index (χ3v) is 3.94. The van der Waals surface area contributed by atoms with Gasteiger partial charge in [0.05, 0.1) is 5.38 Å². The van der Waals surface area contributed by atoms with Gasteiger partial charge in [0, 0.05) is 16.5 Å². The summed E-state index contributed by atoms with van der Waals surface area (Å²) in [5, 5.41) is 0.825. The van der Waals surface area contributed by atoms with E-state index in [1.54, 1.807) is 12.1 Å². The predicted octanol–water partition coefficient (Wildman–Crippen LogP) is 5.66. The monoisotopic (exact) mass is 325 g/mol. The Kier molecular flexibility index (Phi) is 3.88. The van der Waals surface area contributed by atoms with Crippen LogP contribution in [0.3, 0.4) is 0 Å². The van der Waals surface area contributed by atoms with E-state index in [-0.39, 0.29) is 5.38 Å². The second-order valence-electron chi connectivity index (χ2n) is 4.41. The normalized spacial score (nSPS) is 12.8. The molecule has 0 spiro atoms. The molecule has 5 heteroatoms. The number of fused-ring (bicyclic) bond motifs is 1. The summed E-state index contributed by atoms with van der Waals surface area (Å²) < 4.78 is 5.66. The highest BCUT2D eigenvalue weighted by atomic mass is 35.5. The van der Waals surface area contributed by atoms with Crippen LogP contribution in [-0.4, -0.2) is 4.98 Å². The van der Waals surface area contributed by atoms with Crippen molar-refractivity contribution in [3.05, 3.63) is 64.0 Å². The van der Waals surface area contributed by atoms with Gasteiger partial charge in [-0.3, -0.25) is 0 Å². The fourth-order valence-corrected chi connectivity index (χ4v) is 2.94. The lowest BCUT2D eigenvalue weighted by Crippen LogP contribution is -1.97. The number of halogens is 3. The first-order valence-corrected chi connectivity index (χ1v) is 7.26. The second kappa shape index (κ2) is 5.65. The molecule has 1 heterocycles. The van der Waals surface area contributed by atoms with Crippen molar-refractivity contribution in [1.82, 2.24) is 4.98 Å². The van der Waals surface area contributed by atoms with E-state index in [4.69, 9.17) is 39.2 Å². The number of alkyl halides is 1. The molecule has 0 N–H and O–H groups in total. The minimum absolute atomic E-state index is 0.312. The van der Waals surface area contributed by atoms with Gasteiger partial charge < -0.3 is 4.42 Å². The van der Waals surface area contributed by atoms with Crippen LogP contribution in [0.2, 0.25) is 10.0 Å². The minimum Gasteiger partial charge on any atom is -0.441 e. The van der Waals surface area contributed by atoms with Crippen LogP contribution in [0.4, 0.5) is 0 Å². The van der Waals surface area contributed by atoms with Crippen molar-refractivity contribution >= 4 is 45.9 Å². The maximum atomic E-state index is 6.40. The number of nitrogens with zero attached hydrogens (tertiary/aromatic N) is 1. The van der Waals surface area contributed by atoms with E-state index in [2.05, 4.69) is 4.98 Å². The van der Waals surface area contributed by atoms with Crippen molar-refractivity contribution in [3.63, 3.8) is 0 Å². The quantitative estimate of drug-likeness (QED) is 0.581. The van der Waals surface area contributed by atoms with Crippen LogP contribution in [0.1, 0.15) is 16.8 Å². The smallest absolute Gasteiger partial charge is 0.197 e. The standard InChI is InChI=1S/C15H10Cl3NO/c16-9-5-6-10(11(17)7-9)12(18)8-15-19-13-3-1-2-4-14(13)20-15/h1-7,12H,8H2. The minimum atomic E-state index is -0.312. The van der Waals surface area contributed by atoms with Gasteiger partial charge in [0.25, 0.3) is 0 Å². The molecule has 1 unspecified atom stereocenters. The van der Waals surface area contributed by atoms with Gasteiger partial charge in [-0.1, -0.05) is 41.4 Å². The molecule has 3 rings (SSSR count). The first-order chi connectivity index (χ1) is 9.63. The Bertz CT molecular complexity index is 721. The largest absolute Gasteiger partial charge is 0.441 e. The fourth-order valence-electron chi connectivity index (χ4n) is 2.03. The molecule has 1 atom stereocenters. The number of rotatable bonds is 3. The number of hydrogen-bond donors (Lipinski definition) is 0. The molecule has 0 bridgehead atoms. The van der Waals surface area contributed by atoms with Crippen LogP contribution in [0.5, 0.6) is 0 Å². The molecule has 0 aliphatic rings. The molecule has 102 valence electrons. The Morgan fingerprint density at radius 2 is 1.90 bits per heavy atom. The van der Waals surface area contributed by atoms with Crippen LogP contribution in [-0.2, 0) is 6.42 Å². The summed E-state index contributed by atoms with van der Waals surface area (Å²) in [6.45, 7) is 0. The molecule has 1 aromatic heterocycles. The SMILES string of the molecule is Clc1ccc(C(Cl)Cc2nc3ccccc3o2)c(Cl)c1. The molecule has 3 aromatic rings. The Hall–Kier alpha value is -1.22. The van der Waals surface area contributed by atoms with E-state index in [0.29, 0.717) is 22.4 Å². The van der Waals surface area contributed by atoms with Crippen LogP contribution in [0.15, 0.2) is 46.9 Å². The van der Waals surface area contributed by atoms with Crippen molar-refractivity contribution < 1.29 is 4.42 Å². The van der Waals surface area contributed by atoms with Gasteiger partial charge in [-0.15, -0.1) is 11.6 Å². The molecule has 0 saturated heterocycles. The van der Waals surface area contributed by atoms with E-state index in [9.17, 15) is 0 Å². The molecule has 2 aromatic carbocycles. The summed E-state index contributed by atoms with van der Waals surface area (Å²) in [7, 11) is 0. The molecular formula is C15H10Cl3NO. The first-order valence-electron chi connectivity index (χ1n) is 6.07. The average molecular weight is 327 g/mol. The molecule has 0 saturated carbocycles. The van der Waals surface area contributed by atoms with Gasteiger partial charge >= 0.3 is 0 Å². The lowest BCUT2D eigenvalue weighted by molar-refractivity contribution is 0.525. The van der Waals surface area contributed by atoms with E-state index in [1.165, 1.54) is 0 Å². The highest BCUT2D eigenvalue weighted by Crippen LogP contribution is 2.32. The van der Waals surface area contributed by atoms with Gasteiger partial charge in [-0.2, -0.15) is 0 Å². The van der Waals surface area contributed by atoms with Gasteiger partial charge in [0.15, 0.2) is 11.5 Å². The third-order valence-electron chi connectivity index (χ3n) is 2.99. The van der Waals surface area contributed by atoms with E-state index < -0.39 is 0 Å². The third kappa shape index (κ3) is 2.78. The van der Waals surface area contributed by atoms with Gasteiger partial charge in [-0.25, -0.2) is 4.98 Å². The van der Waals surface area contributed by atoms with E-state index in [0.717, 1.165) is 16.7 Å². The van der Waals surface area contributed by atoms with Crippen molar-refractivity contribution in [3.8, 4) is 0 Å². The maximum absolute atomic E-state index is 6.40. The Labute approximate surface area is 131 Å². The second-order valence-corrected chi connectivity index (χ2v) is 5.78. The molecule has 0 radical (unpaired) electrons. The van der Waals surface area contributed by atoms with E-state index in [1.807, 2.05) is 30.3 Å². The Morgan fingerprint density at radius 3 is 2.65 bits per heavy atom. The number of oxazole rings is 1. The first kappa shape index (κ1) is 13.7. The van der Waals surface area contributed by atoms with Crippen LogP contribution in [0.25, 0.3) is 11.1 Å². The van der Waals surface area contributed by atoms with Crippen molar-refractivity contribution in [1.29, 1.82) is 0 Å². The summed E-state index contributed by atoms with van der Waals surface area (Å²) in [5.74, 6) is 0.595. The van der Waals surface area contributed by atoms with Crippen LogP contribution in [0, 0.1) is 0 Å². The van der Waals surface area contributed by atoms with Gasteiger partial charge in [0.1, 0.15) is 5.52 Å². The number of para-hydroxylation sites is 2. The summed E-state index contributed by atoms with van der Waals surface area (Å²) in [6.07, 6.45) is 0.470. The zero-order chi connectivity index (χ0) is 14.1. The van der Waals surface area contributed by atoms with Crippen molar-refractivity contribution in [2.24, 2.45) is 0 Å². The molecule has 0 aliphatic heterocycles. The van der Waals surface area contributed by atoms with Crippen LogP contribution < -0.4 is 0 Å². The highest BCUT2D eigenvalue weighted by molar-refractivity contribution is 6.35. The van der Waals surface area contributed by atoms with Crippen molar-refractivity contribution in [2.75, 3.05) is 0 Å². The molecule has 0 aliphatic carbocycles.